The van der Waals surface area contributed by atoms with Crippen LogP contribution in [0.15, 0.2) is 36.4 Å². The van der Waals surface area contributed by atoms with E-state index >= 15 is 0 Å². The molecule has 2 nitrogen and oxygen atoms in total. The summed E-state index contributed by atoms with van der Waals surface area (Å²) in [5.74, 6) is 1.90. The van der Waals surface area contributed by atoms with Crippen LogP contribution in [-0.2, 0) is 12.8 Å². The quantitative estimate of drug-likeness (QED) is 0.332. The lowest BCUT2D eigenvalue weighted by Gasteiger charge is -2.28. The highest BCUT2D eigenvalue weighted by atomic mass is 15.1. The molecule has 30 heavy (non-hydrogen) atoms. The van der Waals surface area contributed by atoms with Crippen LogP contribution < -0.4 is 0 Å². The number of unbranched alkanes of at least 4 members (excludes halogenated alkanes) is 4. The zero-order valence-electron chi connectivity index (χ0n) is 19.4. The van der Waals surface area contributed by atoms with Crippen LogP contribution >= 0.6 is 0 Å². The molecule has 1 saturated carbocycles. The first kappa shape index (κ1) is 23.0. The average Bonchev–Trinajstić information content (AvgIpc) is 2.80. The third-order valence-corrected chi connectivity index (χ3v) is 7.03. The molecule has 1 aliphatic rings. The first-order chi connectivity index (χ1) is 14.8. The topological polar surface area (TPSA) is 25.8 Å². The summed E-state index contributed by atoms with van der Waals surface area (Å²) in [5, 5.41) is 9.06. The fourth-order valence-electron chi connectivity index (χ4n) is 4.91. The first-order valence-electron chi connectivity index (χ1n) is 12.7. The number of benzene rings is 1. The smallest absolute Gasteiger partial charge is 0.0929 e. The minimum atomic E-state index is 0.897. The second-order valence-corrected chi connectivity index (χ2v) is 9.49. The van der Waals surface area contributed by atoms with E-state index in [1.807, 2.05) is 0 Å². The molecule has 0 saturated heterocycles. The van der Waals surface area contributed by atoms with E-state index in [2.05, 4.69) is 60.4 Å². The maximum absolute atomic E-state index is 4.54. The third-order valence-electron chi connectivity index (χ3n) is 7.03. The number of nitrogens with zero attached hydrogens (tertiary/aromatic N) is 2. The number of hydrogen-bond acceptors (Lipinski definition) is 2. The molecule has 1 heterocycles. The van der Waals surface area contributed by atoms with Gasteiger partial charge < -0.3 is 0 Å². The lowest BCUT2D eigenvalue weighted by molar-refractivity contribution is 0.248. The van der Waals surface area contributed by atoms with Crippen molar-refractivity contribution in [3.8, 4) is 11.3 Å². The number of aryl methyl sites for hydroxylation is 2. The Bertz CT molecular complexity index is 696. The van der Waals surface area contributed by atoms with Gasteiger partial charge in [-0.1, -0.05) is 102 Å². The Balaban J connectivity index is 1.41. The maximum Gasteiger partial charge on any atom is 0.0929 e. The maximum atomic E-state index is 4.54. The Morgan fingerprint density at radius 2 is 1.33 bits per heavy atom. The van der Waals surface area contributed by atoms with Crippen LogP contribution in [0.1, 0.15) is 102 Å². The van der Waals surface area contributed by atoms with Crippen molar-refractivity contribution in [1.29, 1.82) is 0 Å². The predicted molar refractivity (Wildman–Crippen MR) is 129 cm³/mol. The van der Waals surface area contributed by atoms with Crippen LogP contribution in [0.25, 0.3) is 11.3 Å². The summed E-state index contributed by atoms with van der Waals surface area (Å²) in [4.78, 5) is 0. The van der Waals surface area contributed by atoms with E-state index in [1.165, 1.54) is 94.6 Å². The van der Waals surface area contributed by atoms with Crippen molar-refractivity contribution in [2.45, 2.75) is 104 Å². The molecule has 0 N–H and O–H groups in total. The van der Waals surface area contributed by atoms with Gasteiger partial charge in [-0.15, -0.1) is 0 Å². The standard InChI is InChI=1S/C28H42N2/c1-3-5-7-9-23-11-13-25(14-12-23)17-20-27-21-22-28(30-29-27)26-18-15-24(16-19-26)10-8-6-4-2/h15-16,18-19,21-23,25H,3-14,17,20H2,1-2H3. The Labute approximate surface area is 184 Å². The van der Waals surface area contributed by atoms with E-state index in [0.717, 1.165) is 29.6 Å². The molecule has 1 aromatic heterocycles. The fourth-order valence-corrected chi connectivity index (χ4v) is 4.91. The Kier molecular flexibility index (Phi) is 9.86. The molecule has 1 aliphatic carbocycles. The Morgan fingerprint density at radius 1 is 0.667 bits per heavy atom. The van der Waals surface area contributed by atoms with Gasteiger partial charge in [-0.25, -0.2) is 0 Å². The van der Waals surface area contributed by atoms with Crippen molar-refractivity contribution in [2.75, 3.05) is 0 Å². The van der Waals surface area contributed by atoms with E-state index < -0.39 is 0 Å². The van der Waals surface area contributed by atoms with Gasteiger partial charge in [-0.3, -0.25) is 0 Å². The number of hydrogen-bond donors (Lipinski definition) is 0. The summed E-state index contributed by atoms with van der Waals surface area (Å²) < 4.78 is 0. The molecule has 0 atom stereocenters. The van der Waals surface area contributed by atoms with E-state index in [4.69, 9.17) is 0 Å². The number of rotatable bonds is 12. The molecule has 0 bridgehead atoms. The lowest BCUT2D eigenvalue weighted by atomic mass is 9.78. The molecular weight excluding hydrogens is 364 g/mol. The SMILES string of the molecule is CCCCCc1ccc(-c2ccc(CCC3CCC(CCCCC)CC3)nn2)cc1. The van der Waals surface area contributed by atoms with E-state index in [0.29, 0.717) is 0 Å². The fraction of sp³-hybridized carbons (Fsp3) is 0.643. The van der Waals surface area contributed by atoms with Crippen molar-refractivity contribution in [3.63, 3.8) is 0 Å². The number of aromatic nitrogens is 2. The van der Waals surface area contributed by atoms with Crippen molar-refractivity contribution < 1.29 is 0 Å². The molecular formula is C28H42N2. The van der Waals surface area contributed by atoms with Crippen LogP contribution in [0.5, 0.6) is 0 Å². The third kappa shape index (κ3) is 7.52. The first-order valence-corrected chi connectivity index (χ1v) is 12.7. The van der Waals surface area contributed by atoms with Gasteiger partial charge in [0.2, 0.25) is 0 Å². The molecule has 2 aromatic rings. The normalized spacial score (nSPS) is 19.1. The molecule has 0 unspecified atom stereocenters. The summed E-state index contributed by atoms with van der Waals surface area (Å²) in [6, 6.07) is 13.2. The molecule has 1 fully saturated rings. The van der Waals surface area contributed by atoms with Crippen LogP contribution in [0.4, 0.5) is 0 Å². The minimum absolute atomic E-state index is 0.897. The molecule has 3 rings (SSSR count). The van der Waals surface area contributed by atoms with Gasteiger partial charge in [-0.05, 0) is 55.2 Å². The average molecular weight is 407 g/mol. The van der Waals surface area contributed by atoms with E-state index in [1.54, 1.807) is 0 Å². The van der Waals surface area contributed by atoms with E-state index in [9.17, 15) is 0 Å². The van der Waals surface area contributed by atoms with E-state index in [-0.39, 0.29) is 0 Å². The van der Waals surface area contributed by atoms with Gasteiger partial charge in [0.05, 0.1) is 11.4 Å². The van der Waals surface area contributed by atoms with Crippen molar-refractivity contribution >= 4 is 0 Å². The molecule has 0 radical (unpaired) electrons. The summed E-state index contributed by atoms with van der Waals surface area (Å²) in [6.45, 7) is 4.56. The summed E-state index contributed by atoms with van der Waals surface area (Å²) >= 11 is 0. The Hall–Kier alpha value is -1.70. The minimum Gasteiger partial charge on any atom is -0.155 e. The van der Waals surface area contributed by atoms with Gasteiger partial charge >= 0.3 is 0 Å². The van der Waals surface area contributed by atoms with Gasteiger partial charge in [0, 0.05) is 5.56 Å². The largest absolute Gasteiger partial charge is 0.155 e. The van der Waals surface area contributed by atoms with Crippen molar-refractivity contribution in [2.24, 2.45) is 11.8 Å². The highest BCUT2D eigenvalue weighted by molar-refractivity contribution is 5.58. The van der Waals surface area contributed by atoms with Gasteiger partial charge in [0.1, 0.15) is 0 Å². The van der Waals surface area contributed by atoms with Crippen LogP contribution in [0.2, 0.25) is 0 Å². The van der Waals surface area contributed by atoms with Crippen molar-refractivity contribution in [3.05, 3.63) is 47.7 Å². The zero-order chi connectivity index (χ0) is 21.0. The van der Waals surface area contributed by atoms with Gasteiger partial charge in [0.15, 0.2) is 0 Å². The molecule has 0 amide bonds. The van der Waals surface area contributed by atoms with Crippen molar-refractivity contribution in [1.82, 2.24) is 10.2 Å². The molecule has 1 aromatic carbocycles. The highest BCUT2D eigenvalue weighted by Crippen LogP contribution is 2.34. The monoisotopic (exact) mass is 406 g/mol. The zero-order valence-corrected chi connectivity index (χ0v) is 19.4. The Morgan fingerprint density at radius 3 is 1.97 bits per heavy atom. The van der Waals surface area contributed by atoms with Crippen LogP contribution in [-0.4, -0.2) is 10.2 Å². The van der Waals surface area contributed by atoms with Crippen LogP contribution in [0, 0.1) is 11.8 Å². The second kappa shape index (κ2) is 12.9. The molecule has 0 aliphatic heterocycles. The molecule has 164 valence electrons. The predicted octanol–water partition coefficient (Wildman–Crippen LogP) is 8.20. The highest BCUT2D eigenvalue weighted by Gasteiger charge is 2.20. The lowest BCUT2D eigenvalue weighted by Crippen LogP contribution is -2.15. The van der Waals surface area contributed by atoms with Gasteiger partial charge in [0.25, 0.3) is 0 Å². The van der Waals surface area contributed by atoms with Crippen LogP contribution in [0.3, 0.4) is 0 Å². The molecule has 0 spiro atoms. The summed E-state index contributed by atoms with van der Waals surface area (Å²) in [6.07, 6.45) is 18.8. The summed E-state index contributed by atoms with van der Waals surface area (Å²) in [5.41, 5.74) is 4.75. The van der Waals surface area contributed by atoms with Gasteiger partial charge in [-0.2, -0.15) is 10.2 Å². The second-order valence-electron chi connectivity index (χ2n) is 9.49. The summed E-state index contributed by atoms with van der Waals surface area (Å²) in [7, 11) is 0. The molecule has 2 heteroatoms.